The first-order valence-corrected chi connectivity index (χ1v) is 9.17. The van der Waals surface area contributed by atoms with E-state index in [4.69, 9.17) is 0 Å². The Morgan fingerprint density at radius 2 is 1.67 bits per heavy atom. The zero-order valence-corrected chi connectivity index (χ0v) is 15.4. The van der Waals surface area contributed by atoms with E-state index in [0.29, 0.717) is 0 Å². The zero-order valence-electron chi connectivity index (χ0n) is 15.4. The Labute approximate surface area is 147 Å². The molecule has 24 heavy (non-hydrogen) atoms. The lowest BCUT2D eigenvalue weighted by Gasteiger charge is -2.36. The molecule has 1 nitrogen and oxygen atoms in total. The van der Waals surface area contributed by atoms with Gasteiger partial charge in [-0.2, -0.15) is 0 Å². The Balaban J connectivity index is 2.26. The van der Waals surface area contributed by atoms with E-state index in [1.807, 2.05) is 0 Å². The quantitative estimate of drug-likeness (QED) is 0.364. The lowest BCUT2D eigenvalue weighted by Crippen LogP contribution is -2.49. The highest BCUT2D eigenvalue weighted by Gasteiger charge is 2.22. The van der Waals surface area contributed by atoms with Gasteiger partial charge in [0.2, 0.25) is 0 Å². The number of nitrogens with zero attached hydrogens (tertiary/aromatic N) is 1. The molecule has 2 aromatic rings. The molecule has 2 aromatic carbocycles. The van der Waals surface area contributed by atoms with Crippen LogP contribution in [0, 0.1) is 11.8 Å². The van der Waals surface area contributed by atoms with Crippen LogP contribution in [0.25, 0.3) is 10.8 Å². The van der Waals surface area contributed by atoms with Crippen molar-refractivity contribution in [3.8, 4) is 11.8 Å². The lowest BCUT2D eigenvalue weighted by atomic mass is 10.1. The van der Waals surface area contributed by atoms with E-state index in [2.05, 4.69) is 87.2 Å². The van der Waals surface area contributed by atoms with E-state index >= 15 is 0 Å². The summed E-state index contributed by atoms with van der Waals surface area (Å²) in [6.07, 6.45) is 6.86. The number of hydrogen-bond acceptors (Lipinski definition) is 0. The monoisotopic (exact) mass is 320 g/mol. The maximum Gasteiger partial charge on any atom is 0.141 e. The van der Waals surface area contributed by atoms with Crippen LogP contribution < -0.4 is 0 Å². The fourth-order valence-electron chi connectivity index (χ4n) is 3.43. The number of hydrogen-bond donors (Lipinski definition) is 0. The lowest BCUT2D eigenvalue weighted by molar-refractivity contribution is -0.916. The second-order valence-electron chi connectivity index (χ2n) is 6.53. The van der Waals surface area contributed by atoms with Crippen LogP contribution in [0.15, 0.2) is 54.6 Å². The molecule has 0 amide bonds. The van der Waals surface area contributed by atoms with Gasteiger partial charge < -0.3 is 4.48 Å². The number of quaternary nitrogens is 1. The molecule has 0 saturated heterocycles. The van der Waals surface area contributed by atoms with Gasteiger partial charge in [0, 0.05) is 5.56 Å². The molecule has 0 spiro atoms. The molecule has 0 saturated carbocycles. The first-order valence-electron chi connectivity index (χ1n) is 9.17. The summed E-state index contributed by atoms with van der Waals surface area (Å²) >= 11 is 0. The summed E-state index contributed by atoms with van der Waals surface area (Å²) in [5.41, 5.74) is 1.14. The van der Waals surface area contributed by atoms with Crippen molar-refractivity contribution in [1.29, 1.82) is 0 Å². The largest absolute Gasteiger partial charge is 0.310 e. The minimum absolute atomic E-state index is 0.926. The van der Waals surface area contributed by atoms with Crippen molar-refractivity contribution >= 4 is 10.8 Å². The summed E-state index contributed by atoms with van der Waals surface area (Å²) in [6, 6.07) is 14.9. The number of benzene rings is 2. The van der Waals surface area contributed by atoms with Gasteiger partial charge in [0.25, 0.3) is 0 Å². The first-order chi connectivity index (χ1) is 11.7. The molecule has 0 atom stereocenters. The third-order valence-electron chi connectivity index (χ3n) is 4.55. The minimum Gasteiger partial charge on any atom is -0.310 e. The fourth-order valence-corrected chi connectivity index (χ4v) is 3.43. The average Bonchev–Trinajstić information content (AvgIpc) is 2.61. The molecule has 2 rings (SSSR count). The Kier molecular flexibility index (Phi) is 7.09. The average molecular weight is 321 g/mol. The van der Waals surface area contributed by atoms with E-state index in [-0.39, 0.29) is 0 Å². The van der Waals surface area contributed by atoms with E-state index in [1.54, 1.807) is 0 Å². The van der Waals surface area contributed by atoms with Crippen molar-refractivity contribution in [1.82, 2.24) is 0 Å². The van der Waals surface area contributed by atoms with Gasteiger partial charge in [-0.15, -0.1) is 0 Å². The standard InChI is InChI=1S/C23H30N/c1-4-7-19-24(17-5-2,18-6-3)20-11-15-22-14-10-13-21-12-8-9-16-23(21)22/h4,7-10,12-14,16H,5-6,17-20H2,1-3H3/q+1/b7-4+. The van der Waals surface area contributed by atoms with Gasteiger partial charge in [-0.3, -0.25) is 0 Å². The Bertz CT molecular complexity index is 719. The van der Waals surface area contributed by atoms with E-state index in [0.717, 1.165) is 23.1 Å². The molecule has 0 bridgehead atoms. The van der Waals surface area contributed by atoms with Crippen LogP contribution in [0.5, 0.6) is 0 Å². The molecule has 0 aliphatic heterocycles. The Morgan fingerprint density at radius 1 is 0.958 bits per heavy atom. The molecule has 0 radical (unpaired) electrons. The van der Waals surface area contributed by atoms with Crippen molar-refractivity contribution in [2.45, 2.75) is 33.6 Å². The molecule has 0 unspecified atom stereocenters. The highest BCUT2D eigenvalue weighted by atomic mass is 15.3. The van der Waals surface area contributed by atoms with Crippen molar-refractivity contribution in [2.24, 2.45) is 0 Å². The summed E-state index contributed by atoms with van der Waals surface area (Å²) in [7, 11) is 0. The van der Waals surface area contributed by atoms with Crippen LogP contribution in [0.3, 0.4) is 0 Å². The van der Waals surface area contributed by atoms with Crippen LogP contribution in [0.1, 0.15) is 39.2 Å². The van der Waals surface area contributed by atoms with E-state index in [9.17, 15) is 0 Å². The first kappa shape index (κ1) is 18.3. The van der Waals surface area contributed by atoms with E-state index in [1.165, 1.54) is 36.7 Å². The number of allylic oxidation sites excluding steroid dienone is 1. The third-order valence-corrected chi connectivity index (χ3v) is 4.55. The second-order valence-corrected chi connectivity index (χ2v) is 6.53. The molecule has 0 aromatic heterocycles. The predicted octanol–water partition coefficient (Wildman–Crippen LogP) is 5.40. The van der Waals surface area contributed by atoms with Crippen molar-refractivity contribution < 1.29 is 4.48 Å². The minimum atomic E-state index is 0.926. The maximum absolute atomic E-state index is 3.50. The topological polar surface area (TPSA) is 0 Å². The SMILES string of the molecule is C/C=C/C[N+](CC#Cc1cccc2ccccc12)(CCC)CCC. The van der Waals surface area contributed by atoms with Crippen molar-refractivity contribution in [3.05, 3.63) is 60.2 Å². The molecular formula is C23H30N+. The maximum atomic E-state index is 3.50. The van der Waals surface area contributed by atoms with Crippen molar-refractivity contribution in [3.63, 3.8) is 0 Å². The summed E-state index contributed by atoms with van der Waals surface area (Å²) in [6.45, 7) is 11.1. The van der Waals surface area contributed by atoms with Gasteiger partial charge in [0.15, 0.2) is 0 Å². The Hall–Kier alpha value is -2.04. The van der Waals surface area contributed by atoms with Crippen LogP contribution in [-0.2, 0) is 0 Å². The van der Waals surface area contributed by atoms with Gasteiger partial charge in [-0.1, -0.05) is 62.2 Å². The summed E-state index contributed by atoms with van der Waals surface area (Å²) < 4.78 is 1.08. The van der Waals surface area contributed by atoms with Crippen molar-refractivity contribution in [2.75, 3.05) is 26.2 Å². The van der Waals surface area contributed by atoms with Crippen LogP contribution >= 0.6 is 0 Å². The van der Waals surface area contributed by atoms with Gasteiger partial charge in [0.05, 0.1) is 19.6 Å². The number of fused-ring (bicyclic) bond motifs is 1. The van der Waals surface area contributed by atoms with Gasteiger partial charge >= 0.3 is 0 Å². The molecule has 0 aliphatic carbocycles. The zero-order chi connectivity index (χ0) is 17.3. The van der Waals surface area contributed by atoms with Crippen LogP contribution in [-0.4, -0.2) is 30.7 Å². The van der Waals surface area contributed by atoms with Crippen LogP contribution in [0.4, 0.5) is 0 Å². The fraction of sp³-hybridized carbons (Fsp3) is 0.391. The normalized spacial score (nSPS) is 11.6. The van der Waals surface area contributed by atoms with Gasteiger partial charge in [-0.05, 0) is 48.6 Å². The highest BCUT2D eigenvalue weighted by molar-refractivity contribution is 5.88. The molecule has 0 aliphatic rings. The molecule has 0 N–H and O–H groups in total. The van der Waals surface area contributed by atoms with Gasteiger partial charge in [0.1, 0.15) is 6.54 Å². The molecular weight excluding hydrogens is 290 g/mol. The smallest absolute Gasteiger partial charge is 0.141 e. The van der Waals surface area contributed by atoms with Gasteiger partial charge in [-0.25, -0.2) is 0 Å². The number of rotatable bonds is 7. The molecule has 0 fully saturated rings. The summed E-state index contributed by atoms with van der Waals surface area (Å²) in [4.78, 5) is 0. The molecule has 1 heteroatoms. The summed E-state index contributed by atoms with van der Waals surface area (Å²) in [5, 5.41) is 2.52. The Morgan fingerprint density at radius 3 is 2.38 bits per heavy atom. The molecule has 0 heterocycles. The molecule has 126 valence electrons. The third kappa shape index (κ3) is 4.73. The van der Waals surface area contributed by atoms with Crippen LogP contribution in [0.2, 0.25) is 0 Å². The van der Waals surface area contributed by atoms with E-state index < -0.39 is 0 Å². The summed E-state index contributed by atoms with van der Waals surface area (Å²) in [5.74, 6) is 6.95. The second kappa shape index (κ2) is 9.30. The predicted molar refractivity (Wildman–Crippen MR) is 106 cm³/mol. The highest BCUT2D eigenvalue weighted by Crippen LogP contribution is 2.17.